The molecule has 324 valence electrons. The second-order valence-corrected chi connectivity index (χ2v) is 21.4. The van der Waals surface area contributed by atoms with Crippen molar-refractivity contribution in [2.24, 2.45) is 0 Å². The maximum absolute atomic E-state index is 5.11. The molecule has 0 amide bonds. The van der Waals surface area contributed by atoms with Gasteiger partial charge in [0.25, 0.3) is 0 Å². The first-order chi connectivity index (χ1) is 34.2. The van der Waals surface area contributed by atoms with Crippen LogP contribution in [0, 0.1) is 0 Å². The van der Waals surface area contributed by atoms with E-state index in [-0.39, 0.29) is 0 Å². The van der Waals surface area contributed by atoms with Crippen LogP contribution in [0.4, 0.5) is 0 Å². The molecule has 69 heavy (non-hydrogen) atoms. The molecule has 3 heterocycles. The molecule has 0 saturated carbocycles. The van der Waals surface area contributed by atoms with Gasteiger partial charge in [0.05, 0.1) is 22.1 Å². The van der Waals surface area contributed by atoms with Crippen LogP contribution in [0.15, 0.2) is 261 Å². The molecule has 0 radical (unpaired) electrons. The average molecular weight is 898 g/mol. The quantitative estimate of drug-likeness (QED) is 0.107. The van der Waals surface area contributed by atoms with Gasteiger partial charge in [0, 0.05) is 49.6 Å². The van der Waals surface area contributed by atoms with Gasteiger partial charge >= 0.3 is 0 Å². The minimum Gasteiger partial charge on any atom is -0.309 e. The second-order valence-electron chi connectivity index (χ2n) is 17.6. The van der Waals surface area contributed by atoms with Crippen molar-refractivity contribution in [2.75, 3.05) is 0 Å². The molecule has 0 spiro atoms. The molecule has 0 atom stereocenters. The van der Waals surface area contributed by atoms with Crippen LogP contribution in [0.5, 0.6) is 0 Å². The Kier molecular flexibility index (Phi) is 9.77. The van der Waals surface area contributed by atoms with Gasteiger partial charge in [-0.2, -0.15) is 0 Å². The summed E-state index contributed by atoms with van der Waals surface area (Å²) in [5.41, 5.74) is 9.49. The summed E-state index contributed by atoms with van der Waals surface area (Å²) in [5.74, 6) is 1.89. The first-order valence-electron chi connectivity index (χ1n) is 23.4. The zero-order chi connectivity index (χ0) is 45.7. The van der Waals surface area contributed by atoms with Crippen LogP contribution < -0.4 is 20.7 Å². The van der Waals surface area contributed by atoms with E-state index in [2.05, 4.69) is 209 Å². The number of fused-ring (bicyclic) bond motifs is 6. The molecule has 0 aliphatic carbocycles. The maximum Gasteiger partial charge on any atom is 0.179 e. The van der Waals surface area contributed by atoms with Gasteiger partial charge in [-0.3, -0.25) is 0 Å². The fraction of sp³-hybridized carbons (Fsp3) is 0. The second kappa shape index (κ2) is 16.7. The zero-order valence-corrected chi connectivity index (χ0v) is 38.6. The predicted molar refractivity (Wildman–Crippen MR) is 288 cm³/mol. The number of nitrogens with zero attached hydrogens (tertiary/aromatic N) is 5. The SMILES string of the molecule is c1ccc(-c2nc(-c3ccccc3)nc(-c3cccc(-n4c5ccccc5c5cc6c7ccccc7n(-c7cccc([Si](c8ccccc8)(c8ccccc8)c8ccccc8)c7)c6cc54)c3)n2)cc1. The lowest BCUT2D eigenvalue weighted by molar-refractivity contribution is 1.07. The van der Waals surface area contributed by atoms with E-state index in [0.717, 1.165) is 44.6 Å². The van der Waals surface area contributed by atoms with Gasteiger partial charge in [0.2, 0.25) is 0 Å². The molecule has 6 heteroatoms. The third kappa shape index (κ3) is 6.72. The number of aromatic nitrogens is 5. The van der Waals surface area contributed by atoms with Gasteiger partial charge in [-0.05, 0) is 69.3 Å². The monoisotopic (exact) mass is 897 g/mol. The van der Waals surface area contributed by atoms with E-state index < -0.39 is 8.07 Å². The predicted octanol–water partition coefficient (Wildman–Crippen LogP) is 12.4. The minimum atomic E-state index is -2.81. The summed E-state index contributed by atoms with van der Waals surface area (Å²) in [6.45, 7) is 0. The molecule has 0 N–H and O–H groups in total. The summed E-state index contributed by atoms with van der Waals surface area (Å²) in [6, 6.07) is 94.2. The van der Waals surface area contributed by atoms with Crippen molar-refractivity contribution in [3.63, 3.8) is 0 Å². The lowest BCUT2D eigenvalue weighted by Crippen LogP contribution is -2.74. The fourth-order valence-corrected chi connectivity index (χ4v) is 15.4. The van der Waals surface area contributed by atoms with E-state index in [1.165, 1.54) is 47.8 Å². The Morgan fingerprint density at radius 1 is 0.246 bits per heavy atom. The van der Waals surface area contributed by atoms with Crippen molar-refractivity contribution in [3.05, 3.63) is 261 Å². The fourth-order valence-electron chi connectivity index (χ4n) is 10.7. The van der Waals surface area contributed by atoms with Crippen molar-refractivity contribution >= 4 is 72.4 Å². The minimum absolute atomic E-state index is 0.619. The van der Waals surface area contributed by atoms with Gasteiger partial charge in [0.15, 0.2) is 25.5 Å². The van der Waals surface area contributed by atoms with Crippen LogP contribution >= 0.6 is 0 Å². The number of hydrogen-bond donors (Lipinski definition) is 0. The molecule has 0 saturated heterocycles. The molecule has 0 unspecified atom stereocenters. The molecule has 5 nitrogen and oxygen atoms in total. The van der Waals surface area contributed by atoms with Crippen LogP contribution in [0.2, 0.25) is 0 Å². The summed E-state index contributed by atoms with van der Waals surface area (Å²) < 4.78 is 4.88. The van der Waals surface area contributed by atoms with E-state index in [0.29, 0.717) is 17.5 Å². The summed E-state index contributed by atoms with van der Waals surface area (Å²) in [6.07, 6.45) is 0. The molecule has 13 rings (SSSR count). The van der Waals surface area contributed by atoms with Crippen molar-refractivity contribution in [3.8, 4) is 45.5 Å². The molecule has 0 fully saturated rings. The molecule has 0 aliphatic heterocycles. The lowest BCUT2D eigenvalue weighted by Gasteiger charge is -2.34. The molecule has 0 aliphatic rings. The van der Waals surface area contributed by atoms with Gasteiger partial charge in [-0.25, -0.2) is 15.0 Å². The van der Waals surface area contributed by atoms with Crippen LogP contribution in [-0.2, 0) is 0 Å². The standard InChI is InChI=1S/C63H43N5Si/c1-6-22-44(23-7-1)61-64-62(45-24-8-2-9-25-45)66-63(65-61)46-26-20-27-47(40-46)67-57-38-18-16-36-53(57)55-42-56-54-37-17-19-39-58(54)68(60(56)43-59(55)67)48-28-21-35-52(41-48)69(49-29-10-3-11-30-49,50-31-12-4-13-32-50)51-33-14-5-15-34-51/h1-43H. The van der Waals surface area contributed by atoms with Crippen LogP contribution in [0.1, 0.15) is 0 Å². The Hall–Kier alpha value is -8.97. The highest BCUT2D eigenvalue weighted by Crippen LogP contribution is 2.40. The zero-order valence-electron chi connectivity index (χ0n) is 37.6. The third-order valence-electron chi connectivity index (χ3n) is 13.7. The maximum atomic E-state index is 5.11. The Morgan fingerprint density at radius 2 is 0.609 bits per heavy atom. The van der Waals surface area contributed by atoms with Crippen molar-refractivity contribution in [1.82, 2.24) is 24.1 Å². The van der Waals surface area contributed by atoms with Crippen LogP contribution in [0.25, 0.3) is 89.2 Å². The van der Waals surface area contributed by atoms with E-state index in [1.54, 1.807) is 0 Å². The number of hydrogen-bond acceptors (Lipinski definition) is 3. The van der Waals surface area contributed by atoms with Gasteiger partial charge in [-0.1, -0.05) is 212 Å². The van der Waals surface area contributed by atoms with Gasteiger partial charge in [-0.15, -0.1) is 0 Å². The average Bonchev–Trinajstić information content (AvgIpc) is 3.94. The lowest BCUT2D eigenvalue weighted by atomic mass is 10.1. The van der Waals surface area contributed by atoms with E-state index in [1.807, 2.05) is 60.7 Å². The van der Waals surface area contributed by atoms with Crippen LogP contribution in [-0.4, -0.2) is 32.2 Å². The smallest absolute Gasteiger partial charge is 0.179 e. The first-order valence-corrected chi connectivity index (χ1v) is 25.4. The largest absolute Gasteiger partial charge is 0.309 e. The topological polar surface area (TPSA) is 48.5 Å². The van der Waals surface area contributed by atoms with Crippen LogP contribution in [0.3, 0.4) is 0 Å². The summed E-state index contributed by atoms with van der Waals surface area (Å²) in [5, 5.41) is 10.2. The molecule has 10 aromatic carbocycles. The van der Waals surface area contributed by atoms with Gasteiger partial charge in [0.1, 0.15) is 0 Å². The van der Waals surface area contributed by atoms with Crippen molar-refractivity contribution in [1.29, 1.82) is 0 Å². The Balaban J connectivity index is 1.04. The summed E-state index contributed by atoms with van der Waals surface area (Å²) >= 11 is 0. The van der Waals surface area contributed by atoms with E-state index in [9.17, 15) is 0 Å². The number of rotatable bonds is 9. The molecule has 0 bridgehead atoms. The molecular formula is C63H43N5Si. The molecule has 3 aromatic heterocycles. The first kappa shape index (κ1) is 40.3. The Bertz CT molecular complexity index is 3850. The molecular weight excluding hydrogens is 855 g/mol. The highest BCUT2D eigenvalue weighted by atomic mass is 28.3. The normalized spacial score (nSPS) is 11.8. The summed E-state index contributed by atoms with van der Waals surface area (Å²) in [7, 11) is -2.81. The Labute approximate surface area is 400 Å². The van der Waals surface area contributed by atoms with E-state index in [4.69, 9.17) is 15.0 Å². The summed E-state index contributed by atoms with van der Waals surface area (Å²) in [4.78, 5) is 15.2. The van der Waals surface area contributed by atoms with E-state index >= 15 is 0 Å². The van der Waals surface area contributed by atoms with Gasteiger partial charge < -0.3 is 9.13 Å². The number of para-hydroxylation sites is 2. The van der Waals surface area contributed by atoms with Crippen molar-refractivity contribution in [2.45, 2.75) is 0 Å². The highest BCUT2D eigenvalue weighted by molar-refractivity contribution is 7.19. The third-order valence-corrected chi connectivity index (χ3v) is 18.5. The highest BCUT2D eigenvalue weighted by Gasteiger charge is 2.41. The Morgan fingerprint density at radius 3 is 1.09 bits per heavy atom. The van der Waals surface area contributed by atoms with Crippen molar-refractivity contribution < 1.29 is 0 Å². The molecule has 13 aromatic rings. The number of benzene rings is 10.